The number of hydrogen-bond acceptors (Lipinski definition) is 7. The molecule has 0 unspecified atom stereocenters. The quantitative estimate of drug-likeness (QED) is 0.271. The number of benzene rings is 1. The van der Waals surface area contributed by atoms with Crippen molar-refractivity contribution >= 4 is 52.7 Å². The van der Waals surface area contributed by atoms with Crippen LogP contribution in [-0.4, -0.2) is 46.6 Å². The number of nitro benzene ring substituents is 1. The molecule has 1 aromatic rings. The molecule has 1 aliphatic rings. The van der Waals surface area contributed by atoms with Crippen molar-refractivity contribution in [3.63, 3.8) is 0 Å². The molecule has 0 saturated carbocycles. The first-order valence-electron chi connectivity index (χ1n) is 7.21. The van der Waals surface area contributed by atoms with Gasteiger partial charge in [-0.1, -0.05) is 0 Å². The van der Waals surface area contributed by atoms with E-state index in [9.17, 15) is 19.3 Å². The third-order valence-corrected chi connectivity index (χ3v) is 4.55. The molecule has 0 atom stereocenters. The Bertz CT molecular complexity index is 729. The summed E-state index contributed by atoms with van der Waals surface area (Å²) in [6.07, 6.45) is 3.43. The van der Waals surface area contributed by atoms with Gasteiger partial charge in [0.15, 0.2) is 10.9 Å². The number of ether oxygens (including phenoxy) is 1. The summed E-state index contributed by atoms with van der Waals surface area (Å²) in [5.74, 6) is -1.50. The van der Waals surface area contributed by atoms with Gasteiger partial charge in [0.2, 0.25) is 0 Å². The number of nitro groups is 1. The van der Waals surface area contributed by atoms with Gasteiger partial charge in [-0.05, 0) is 31.1 Å². The second-order valence-electron chi connectivity index (χ2n) is 4.92. The highest BCUT2D eigenvalue weighted by atomic mass is 32.2. The van der Waals surface area contributed by atoms with E-state index in [0.29, 0.717) is 6.54 Å². The SMILES string of the molecule is COC(=O)CSc1cc(NC(=S)N2CCCC=N2)c(F)cc1[N+](=O)[O-]. The topological polar surface area (TPSA) is 97.1 Å². The number of nitrogens with zero attached hydrogens (tertiary/aromatic N) is 3. The van der Waals surface area contributed by atoms with Crippen molar-refractivity contribution in [3.05, 3.63) is 28.1 Å². The minimum Gasteiger partial charge on any atom is -0.468 e. The molecule has 1 N–H and O–H groups in total. The van der Waals surface area contributed by atoms with Crippen molar-refractivity contribution in [2.75, 3.05) is 24.7 Å². The van der Waals surface area contributed by atoms with Gasteiger partial charge >= 0.3 is 5.97 Å². The number of anilines is 1. The summed E-state index contributed by atoms with van der Waals surface area (Å²) < 4.78 is 18.7. The van der Waals surface area contributed by atoms with Gasteiger partial charge in [-0.25, -0.2) is 9.40 Å². The molecule has 0 bridgehead atoms. The van der Waals surface area contributed by atoms with Crippen LogP contribution in [0.2, 0.25) is 0 Å². The van der Waals surface area contributed by atoms with Crippen LogP contribution in [0.3, 0.4) is 0 Å². The molecule has 134 valence electrons. The molecule has 1 heterocycles. The van der Waals surface area contributed by atoms with Crippen LogP contribution in [0.4, 0.5) is 15.8 Å². The second-order valence-corrected chi connectivity index (χ2v) is 6.32. The van der Waals surface area contributed by atoms with E-state index in [1.807, 2.05) is 0 Å². The lowest BCUT2D eigenvalue weighted by molar-refractivity contribution is -0.387. The molecule has 1 aliphatic heterocycles. The lowest BCUT2D eigenvalue weighted by atomic mass is 10.2. The molecule has 0 aromatic heterocycles. The largest absolute Gasteiger partial charge is 0.468 e. The monoisotopic (exact) mass is 386 g/mol. The molecule has 0 radical (unpaired) electrons. The highest BCUT2D eigenvalue weighted by Gasteiger charge is 2.21. The zero-order valence-corrected chi connectivity index (χ0v) is 14.9. The molecule has 8 nitrogen and oxygen atoms in total. The highest BCUT2D eigenvalue weighted by Crippen LogP contribution is 2.34. The number of hydrazone groups is 1. The molecule has 0 spiro atoms. The van der Waals surface area contributed by atoms with Gasteiger partial charge in [-0.3, -0.25) is 14.9 Å². The Morgan fingerprint density at radius 3 is 2.96 bits per heavy atom. The lowest BCUT2D eigenvalue weighted by Crippen LogP contribution is -2.33. The lowest BCUT2D eigenvalue weighted by Gasteiger charge is -2.23. The van der Waals surface area contributed by atoms with E-state index in [4.69, 9.17) is 12.2 Å². The normalized spacial score (nSPS) is 13.4. The summed E-state index contributed by atoms with van der Waals surface area (Å²) in [5.41, 5.74) is -0.456. The van der Waals surface area contributed by atoms with E-state index in [1.165, 1.54) is 18.2 Å². The minimum absolute atomic E-state index is 0.0243. The molecule has 0 amide bonds. The fourth-order valence-corrected chi connectivity index (χ4v) is 3.09. The zero-order valence-electron chi connectivity index (χ0n) is 13.2. The number of carbonyl (C=O) groups excluding carboxylic acids is 1. The van der Waals surface area contributed by atoms with E-state index in [1.54, 1.807) is 6.21 Å². The molecule has 1 aromatic carbocycles. The van der Waals surface area contributed by atoms with E-state index in [-0.39, 0.29) is 21.4 Å². The number of halogens is 1. The van der Waals surface area contributed by atoms with Gasteiger partial charge in [0.1, 0.15) is 0 Å². The van der Waals surface area contributed by atoms with Crippen LogP contribution >= 0.6 is 24.0 Å². The number of esters is 1. The van der Waals surface area contributed by atoms with Crippen LogP contribution in [0.15, 0.2) is 22.1 Å². The number of rotatable bonds is 5. The van der Waals surface area contributed by atoms with Crippen LogP contribution in [0, 0.1) is 15.9 Å². The first kappa shape index (κ1) is 19.1. The maximum absolute atomic E-state index is 14.2. The molecule has 0 aliphatic carbocycles. The highest BCUT2D eigenvalue weighted by molar-refractivity contribution is 8.00. The summed E-state index contributed by atoms with van der Waals surface area (Å²) in [6.45, 7) is 0.598. The predicted molar refractivity (Wildman–Crippen MR) is 96.4 cm³/mol. The molecule has 25 heavy (non-hydrogen) atoms. The fraction of sp³-hybridized carbons (Fsp3) is 0.357. The number of methoxy groups -OCH3 is 1. The van der Waals surface area contributed by atoms with Crippen molar-refractivity contribution in [1.82, 2.24) is 5.01 Å². The van der Waals surface area contributed by atoms with Gasteiger partial charge in [-0.15, -0.1) is 11.8 Å². The van der Waals surface area contributed by atoms with Gasteiger partial charge in [0.05, 0.1) is 34.4 Å². The fourth-order valence-electron chi connectivity index (χ4n) is 1.97. The van der Waals surface area contributed by atoms with Gasteiger partial charge in [0.25, 0.3) is 5.69 Å². The van der Waals surface area contributed by atoms with Gasteiger partial charge < -0.3 is 10.1 Å². The van der Waals surface area contributed by atoms with E-state index in [0.717, 1.165) is 30.7 Å². The summed E-state index contributed by atoms with van der Waals surface area (Å²) in [7, 11) is 1.21. The molecule has 0 fully saturated rings. The molecular weight excluding hydrogens is 371 g/mol. The zero-order chi connectivity index (χ0) is 18.4. The van der Waals surface area contributed by atoms with Crippen molar-refractivity contribution in [2.24, 2.45) is 5.10 Å². The number of hydrogen-bond donors (Lipinski definition) is 1. The Morgan fingerprint density at radius 2 is 2.36 bits per heavy atom. The van der Waals surface area contributed by atoms with Crippen molar-refractivity contribution in [2.45, 2.75) is 17.7 Å². The standard InChI is InChI=1S/C14H15FN4O4S2/c1-23-13(20)8-25-12-7-10(9(15)6-11(12)19(21)22)17-14(24)18-5-3-2-4-16-18/h4,6-7H,2-3,5,8H2,1H3,(H,17,24). The maximum Gasteiger partial charge on any atom is 0.315 e. The number of nitrogens with one attached hydrogen (secondary N) is 1. The number of thioether (sulfide) groups is 1. The predicted octanol–water partition coefficient (Wildman–Crippen LogP) is 2.78. The summed E-state index contributed by atoms with van der Waals surface area (Å²) >= 11 is 6.07. The molecule has 0 saturated heterocycles. The molecule has 11 heteroatoms. The Hall–Kier alpha value is -2.27. The van der Waals surface area contributed by atoms with E-state index < -0.39 is 22.4 Å². The summed E-state index contributed by atoms with van der Waals surface area (Å²) in [4.78, 5) is 21.8. The van der Waals surface area contributed by atoms with Crippen molar-refractivity contribution in [1.29, 1.82) is 0 Å². The minimum atomic E-state index is -0.822. The van der Waals surface area contributed by atoms with Gasteiger partial charge in [0, 0.05) is 12.8 Å². The smallest absolute Gasteiger partial charge is 0.315 e. The molecular formula is C14H15FN4O4S2. The third kappa shape index (κ3) is 5.10. The van der Waals surface area contributed by atoms with Crippen LogP contribution in [0.5, 0.6) is 0 Å². The summed E-state index contributed by atoms with van der Waals surface area (Å²) in [6, 6.07) is 2.05. The average Bonchev–Trinajstić information content (AvgIpc) is 2.61. The van der Waals surface area contributed by atoms with Crippen LogP contribution < -0.4 is 5.32 Å². The Kier molecular flexibility index (Phi) is 6.65. The number of carbonyl (C=O) groups is 1. The van der Waals surface area contributed by atoms with E-state index >= 15 is 0 Å². The number of thiocarbonyl (C=S) groups is 1. The van der Waals surface area contributed by atoms with Gasteiger partial charge in [-0.2, -0.15) is 5.10 Å². The Labute approximate surface area is 152 Å². The van der Waals surface area contributed by atoms with E-state index in [2.05, 4.69) is 15.2 Å². The Morgan fingerprint density at radius 1 is 1.60 bits per heavy atom. The summed E-state index contributed by atoms with van der Waals surface area (Å²) in [5, 5.41) is 19.6. The van der Waals surface area contributed by atoms with Crippen molar-refractivity contribution in [3.8, 4) is 0 Å². The Balaban J connectivity index is 2.23. The van der Waals surface area contributed by atoms with Crippen molar-refractivity contribution < 1.29 is 18.8 Å². The maximum atomic E-state index is 14.2. The molecule has 2 rings (SSSR count). The first-order chi connectivity index (χ1) is 11.9. The van der Waals surface area contributed by atoms with Crippen LogP contribution in [0.1, 0.15) is 12.8 Å². The first-order valence-corrected chi connectivity index (χ1v) is 8.60. The average molecular weight is 386 g/mol. The second kappa shape index (κ2) is 8.72. The third-order valence-electron chi connectivity index (χ3n) is 3.22. The van der Waals surface area contributed by atoms with Crippen LogP contribution in [0.25, 0.3) is 0 Å². The van der Waals surface area contributed by atoms with Crippen LogP contribution in [-0.2, 0) is 9.53 Å².